The Hall–Kier alpha value is -1.80. The molecular weight excluding hydrogens is 477 g/mol. The number of guanidine groups is 1. The maximum atomic E-state index is 5.83. The molecule has 2 aromatic carbocycles. The smallest absolute Gasteiger partial charge is 0.191 e. The van der Waals surface area contributed by atoms with Gasteiger partial charge in [0.25, 0.3) is 0 Å². The molecule has 0 aliphatic rings. The Labute approximate surface area is 192 Å². The van der Waals surface area contributed by atoms with Crippen LogP contribution in [0.4, 0.5) is 0 Å². The lowest BCUT2D eigenvalue weighted by molar-refractivity contribution is 0.143. The molecule has 0 bridgehead atoms. The first-order valence-electron chi connectivity index (χ1n) is 10.2. The molecule has 0 unspecified atom stereocenters. The summed E-state index contributed by atoms with van der Waals surface area (Å²) in [6.45, 7) is 8.66. The van der Waals surface area contributed by atoms with Crippen molar-refractivity contribution >= 4 is 29.9 Å². The Balaban J connectivity index is 0.00000420. The fourth-order valence-corrected chi connectivity index (χ4v) is 2.62. The van der Waals surface area contributed by atoms with E-state index in [1.54, 1.807) is 0 Å². The van der Waals surface area contributed by atoms with E-state index < -0.39 is 0 Å². The molecule has 0 saturated carbocycles. The maximum Gasteiger partial charge on any atom is 0.191 e. The first kappa shape index (κ1) is 25.2. The molecule has 160 valence electrons. The van der Waals surface area contributed by atoms with E-state index in [0.717, 1.165) is 56.4 Å². The van der Waals surface area contributed by atoms with Gasteiger partial charge < -0.3 is 20.1 Å². The predicted octanol–water partition coefficient (Wildman–Crippen LogP) is 4.76. The van der Waals surface area contributed by atoms with E-state index in [4.69, 9.17) is 9.47 Å². The van der Waals surface area contributed by atoms with Crippen molar-refractivity contribution in [1.29, 1.82) is 0 Å². The van der Waals surface area contributed by atoms with Crippen molar-refractivity contribution in [3.63, 3.8) is 0 Å². The number of nitrogens with zero attached hydrogens (tertiary/aromatic N) is 1. The van der Waals surface area contributed by atoms with Crippen molar-refractivity contribution in [2.75, 3.05) is 26.3 Å². The van der Waals surface area contributed by atoms with E-state index in [1.807, 2.05) is 37.3 Å². The summed E-state index contributed by atoms with van der Waals surface area (Å²) in [6.07, 6.45) is 2.13. The summed E-state index contributed by atoms with van der Waals surface area (Å²) in [4.78, 5) is 4.66. The number of ether oxygens (including phenoxy) is 2. The molecule has 0 amide bonds. The fourth-order valence-electron chi connectivity index (χ4n) is 2.62. The van der Waals surface area contributed by atoms with Gasteiger partial charge in [-0.15, -0.1) is 24.0 Å². The van der Waals surface area contributed by atoms with Gasteiger partial charge in [-0.05, 0) is 49.9 Å². The third-order valence-electron chi connectivity index (χ3n) is 4.15. The highest BCUT2D eigenvalue weighted by atomic mass is 127. The van der Waals surface area contributed by atoms with Crippen molar-refractivity contribution < 1.29 is 9.47 Å². The van der Waals surface area contributed by atoms with Crippen LogP contribution in [-0.2, 0) is 17.9 Å². The number of nitrogens with one attached hydrogen (secondary N) is 2. The minimum Gasteiger partial charge on any atom is -0.489 e. The quantitative estimate of drug-likeness (QED) is 0.187. The molecule has 6 heteroatoms. The molecule has 29 heavy (non-hydrogen) atoms. The lowest BCUT2D eigenvalue weighted by Crippen LogP contribution is -2.37. The molecule has 0 saturated heterocycles. The molecule has 0 aliphatic heterocycles. The van der Waals surface area contributed by atoms with Crippen LogP contribution in [-0.4, -0.2) is 32.3 Å². The Morgan fingerprint density at radius 3 is 2.34 bits per heavy atom. The van der Waals surface area contributed by atoms with E-state index in [2.05, 4.69) is 46.8 Å². The summed E-state index contributed by atoms with van der Waals surface area (Å²) in [6, 6.07) is 18.3. The Morgan fingerprint density at radius 1 is 0.897 bits per heavy atom. The monoisotopic (exact) mass is 511 g/mol. The van der Waals surface area contributed by atoms with Crippen molar-refractivity contribution in [2.24, 2.45) is 4.99 Å². The van der Waals surface area contributed by atoms with Crippen molar-refractivity contribution in [3.8, 4) is 5.75 Å². The fraction of sp³-hybridized carbons (Fsp3) is 0.435. The third-order valence-corrected chi connectivity index (χ3v) is 4.15. The Bertz CT molecular complexity index is 678. The highest BCUT2D eigenvalue weighted by Gasteiger charge is 1.99. The van der Waals surface area contributed by atoms with Crippen LogP contribution in [0.2, 0.25) is 0 Å². The molecular formula is C23H34IN3O2. The summed E-state index contributed by atoms with van der Waals surface area (Å²) in [7, 11) is 0. The van der Waals surface area contributed by atoms with E-state index in [9.17, 15) is 0 Å². The van der Waals surface area contributed by atoms with E-state index in [1.165, 1.54) is 5.56 Å². The largest absolute Gasteiger partial charge is 0.489 e. The molecule has 2 aromatic rings. The lowest BCUT2D eigenvalue weighted by Gasteiger charge is -2.11. The summed E-state index contributed by atoms with van der Waals surface area (Å²) < 4.78 is 11.2. The van der Waals surface area contributed by atoms with Crippen LogP contribution in [0.15, 0.2) is 59.6 Å². The highest BCUT2D eigenvalue weighted by Crippen LogP contribution is 2.14. The zero-order chi connectivity index (χ0) is 19.9. The van der Waals surface area contributed by atoms with Gasteiger partial charge in [0.15, 0.2) is 5.96 Å². The Kier molecular flexibility index (Phi) is 14.0. The number of hydrogen-bond acceptors (Lipinski definition) is 3. The van der Waals surface area contributed by atoms with Crippen LogP contribution in [0.25, 0.3) is 0 Å². The standard InChI is InChI=1S/C23H33N3O2.HI/c1-3-24-23(25-16-8-9-17-27-4-2)26-18-20-12-14-22(15-13-20)28-19-21-10-6-5-7-11-21;/h5-7,10-15H,3-4,8-9,16-19H2,1-2H3,(H2,24,25,26);1H. The number of aliphatic imine (C=N–C) groups is 1. The maximum absolute atomic E-state index is 5.83. The van der Waals surface area contributed by atoms with Crippen LogP contribution in [0, 0.1) is 0 Å². The zero-order valence-corrected chi connectivity index (χ0v) is 19.9. The van der Waals surface area contributed by atoms with Gasteiger partial charge in [-0.25, -0.2) is 4.99 Å². The lowest BCUT2D eigenvalue weighted by atomic mass is 10.2. The minimum atomic E-state index is 0. The topological polar surface area (TPSA) is 54.9 Å². The van der Waals surface area contributed by atoms with Gasteiger partial charge in [-0.1, -0.05) is 42.5 Å². The van der Waals surface area contributed by atoms with E-state index >= 15 is 0 Å². The predicted molar refractivity (Wildman–Crippen MR) is 131 cm³/mol. The molecule has 0 heterocycles. The summed E-state index contributed by atoms with van der Waals surface area (Å²) >= 11 is 0. The molecule has 0 radical (unpaired) electrons. The van der Waals surface area contributed by atoms with Crippen LogP contribution in [0.1, 0.15) is 37.8 Å². The second-order valence-corrected chi connectivity index (χ2v) is 6.44. The van der Waals surface area contributed by atoms with Crippen LogP contribution >= 0.6 is 24.0 Å². The van der Waals surface area contributed by atoms with Crippen LogP contribution in [0.3, 0.4) is 0 Å². The number of rotatable bonds is 12. The van der Waals surface area contributed by atoms with E-state index in [-0.39, 0.29) is 24.0 Å². The van der Waals surface area contributed by atoms with E-state index in [0.29, 0.717) is 13.2 Å². The molecule has 0 spiro atoms. The third kappa shape index (κ3) is 11.1. The average molecular weight is 511 g/mol. The molecule has 0 atom stereocenters. The molecule has 0 aromatic heterocycles. The Morgan fingerprint density at radius 2 is 1.66 bits per heavy atom. The van der Waals surface area contributed by atoms with Crippen molar-refractivity contribution in [3.05, 3.63) is 65.7 Å². The van der Waals surface area contributed by atoms with Gasteiger partial charge >= 0.3 is 0 Å². The first-order valence-corrected chi connectivity index (χ1v) is 10.2. The second-order valence-electron chi connectivity index (χ2n) is 6.44. The van der Waals surface area contributed by atoms with Gasteiger partial charge in [-0.3, -0.25) is 0 Å². The normalized spacial score (nSPS) is 10.9. The van der Waals surface area contributed by atoms with Crippen LogP contribution in [0.5, 0.6) is 5.75 Å². The number of hydrogen-bond donors (Lipinski definition) is 2. The number of halogens is 1. The van der Waals surface area contributed by atoms with Gasteiger partial charge in [0.1, 0.15) is 12.4 Å². The highest BCUT2D eigenvalue weighted by molar-refractivity contribution is 14.0. The molecule has 5 nitrogen and oxygen atoms in total. The van der Waals surface area contributed by atoms with Gasteiger partial charge in [0, 0.05) is 26.3 Å². The van der Waals surface area contributed by atoms with Gasteiger partial charge in [0.05, 0.1) is 6.54 Å². The number of benzene rings is 2. The number of unbranched alkanes of at least 4 members (excludes halogenated alkanes) is 1. The first-order chi connectivity index (χ1) is 13.8. The van der Waals surface area contributed by atoms with Crippen molar-refractivity contribution in [1.82, 2.24) is 10.6 Å². The zero-order valence-electron chi connectivity index (χ0n) is 17.5. The molecule has 2 rings (SSSR count). The van der Waals surface area contributed by atoms with Gasteiger partial charge in [0.2, 0.25) is 0 Å². The van der Waals surface area contributed by atoms with Gasteiger partial charge in [-0.2, -0.15) is 0 Å². The van der Waals surface area contributed by atoms with Crippen molar-refractivity contribution in [2.45, 2.75) is 39.8 Å². The van der Waals surface area contributed by atoms with Crippen LogP contribution < -0.4 is 15.4 Å². The molecule has 0 fully saturated rings. The average Bonchev–Trinajstić information content (AvgIpc) is 2.74. The molecule has 0 aliphatic carbocycles. The minimum absolute atomic E-state index is 0. The molecule has 2 N–H and O–H groups in total. The summed E-state index contributed by atoms with van der Waals surface area (Å²) in [5.74, 6) is 1.72. The SMILES string of the molecule is CCNC(=NCc1ccc(OCc2ccccc2)cc1)NCCCCOCC.I. The summed E-state index contributed by atoms with van der Waals surface area (Å²) in [5.41, 5.74) is 2.32. The second kappa shape index (κ2) is 16.0. The summed E-state index contributed by atoms with van der Waals surface area (Å²) in [5, 5.41) is 6.66.